The molecule has 90 valence electrons. The van der Waals surface area contributed by atoms with Crippen molar-refractivity contribution in [1.29, 1.82) is 0 Å². The Labute approximate surface area is 85.7 Å². The van der Waals surface area contributed by atoms with Crippen LogP contribution in [0.2, 0.25) is 0 Å². The third-order valence-corrected chi connectivity index (χ3v) is 2.07. The second-order valence-corrected chi connectivity index (χ2v) is 3.00. The zero-order valence-corrected chi connectivity index (χ0v) is 7.80. The summed E-state index contributed by atoms with van der Waals surface area (Å²) in [4.78, 5) is 0. The van der Waals surface area contributed by atoms with E-state index in [0.717, 1.165) is 0 Å². The minimum absolute atomic E-state index is 0.693. The van der Waals surface area contributed by atoms with Crippen molar-refractivity contribution in [3.8, 4) is 0 Å². The highest BCUT2D eigenvalue weighted by molar-refractivity contribution is 5.37. The van der Waals surface area contributed by atoms with E-state index in [1.165, 1.54) is 0 Å². The lowest BCUT2D eigenvalue weighted by Crippen LogP contribution is -2.08. The minimum atomic E-state index is -3.70. The van der Waals surface area contributed by atoms with Crippen LogP contribution >= 0.6 is 0 Å². The fraction of sp³-hybridized carbons (Fsp3) is 0.333. The molecule has 0 unspecified atom stereocenters. The first-order valence-electron chi connectivity index (χ1n) is 4.02. The van der Waals surface area contributed by atoms with Crippen LogP contribution in [0.3, 0.4) is 0 Å². The van der Waals surface area contributed by atoms with E-state index in [4.69, 9.17) is 0 Å². The molecule has 1 aromatic rings. The zero-order valence-electron chi connectivity index (χ0n) is 7.80. The summed E-state index contributed by atoms with van der Waals surface area (Å²) in [6.07, 6.45) is -7.19. The quantitative estimate of drug-likeness (QED) is 0.539. The second kappa shape index (κ2) is 4.31. The van der Waals surface area contributed by atoms with E-state index < -0.39 is 47.0 Å². The summed E-state index contributed by atoms with van der Waals surface area (Å²) >= 11 is 0. The summed E-state index contributed by atoms with van der Waals surface area (Å²) in [6, 6.07) is 0. The zero-order chi connectivity index (χ0) is 12.6. The Hall–Kier alpha value is -1.27. The highest BCUT2D eigenvalue weighted by Gasteiger charge is 2.31. The number of benzene rings is 1. The van der Waals surface area contributed by atoms with Gasteiger partial charge in [-0.2, -0.15) is 0 Å². The molecule has 0 heterocycles. The van der Waals surface area contributed by atoms with Gasteiger partial charge in [-0.05, 0) is 12.5 Å². The lowest BCUT2D eigenvalue weighted by atomic mass is 10.0. The predicted octanol–water partition coefficient (Wildman–Crippen LogP) is 4.29. The van der Waals surface area contributed by atoms with Gasteiger partial charge in [0.25, 0.3) is 12.9 Å². The van der Waals surface area contributed by atoms with Gasteiger partial charge in [0.1, 0.15) is 5.82 Å². The summed E-state index contributed by atoms with van der Waals surface area (Å²) in [5.41, 5.74) is -4.50. The monoisotopic (exact) mass is 246 g/mol. The average molecular weight is 246 g/mol. The maximum Gasteiger partial charge on any atom is 0.269 e. The summed E-state index contributed by atoms with van der Waals surface area (Å²) < 4.78 is 87.8. The largest absolute Gasteiger partial charge is 0.269 e. The van der Waals surface area contributed by atoms with Gasteiger partial charge in [0, 0.05) is 0 Å². The molecule has 0 bridgehead atoms. The van der Waals surface area contributed by atoms with Crippen molar-refractivity contribution >= 4 is 0 Å². The van der Waals surface area contributed by atoms with E-state index in [2.05, 4.69) is 0 Å². The van der Waals surface area contributed by atoms with E-state index in [1.807, 2.05) is 0 Å². The Morgan fingerprint density at radius 1 is 0.688 bits per heavy atom. The van der Waals surface area contributed by atoms with Crippen molar-refractivity contribution in [2.24, 2.45) is 0 Å². The first-order valence-corrected chi connectivity index (χ1v) is 4.02. The van der Waals surface area contributed by atoms with Crippen LogP contribution in [0.1, 0.15) is 29.5 Å². The van der Waals surface area contributed by atoms with E-state index in [-0.39, 0.29) is 0 Å². The molecular formula is C9H5F7. The van der Waals surface area contributed by atoms with Crippen LogP contribution in [0, 0.1) is 24.4 Å². The fourth-order valence-electron chi connectivity index (χ4n) is 1.26. The van der Waals surface area contributed by atoms with Crippen LogP contribution in [0.15, 0.2) is 0 Å². The van der Waals surface area contributed by atoms with Crippen LogP contribution in [-0.4, -0.2) is 0 Å². The predicted molar refractivity (Wildman–Crippen MR) is 41.0 cm³/mol. The van der Waals surface area contributed by atoms with Crippen LogP contribution < -0.4 is 0 Å². The standard InChI is InChI=1S/C9H5F7/c1-2-3(8(13)14)6(11)4(9(15)16)7(12)5(2)10/h8-9H,1H3. The van der Waals surface area contributed by atoms with Gasteiger partial charge in [0.15, 0.2) is 11.6 Å². The second-order valence-electron chi connectivity index (χ2n) is 3.00. The Morgan fingerprint density at radius 3 is 1.50 bits per heavy atom. The average Bonchev–Trinajstić information content (AvgIpc) is 2.13. The van der Waals surface area contributed by atoms with Crippen LogP contribution in [-0.2, 0) is 0 Å². The van der Waals surface area contributed by atoms with Gasteiger partial charge in [-0.3, -0.25) is 0 Å². The van der Waals surface area contributed by atoms with Gasteiger partial charge in [-0.15, -0.1) is 0 Å². The van der Waals surface area contributed by atoms with Crippen molar-refractivity contribution < 1.29 is 30.7 Å². The Kier molecular flexibility index (Phi) is 3.44. The molecule has 0 spiro atoms. The van der Waals surface area contributed by atoms with Gasteiger partial charge >= 0.3 is 0 Å². The Bertz CT molecular complexity index is 376. The molecule has 0 N–H and O–H groups in total. The molecule has 16 heavy (non-hydrogen) atoms. The van der Waals surface area contributed by atoms with Crippen molar-refractivity contribution in [3.05, 3.63) is 34.1 Å². The molecule has 7 heteroatoms. The molecule has 0 saturated carbocycles. The summed E-state index contributed by atoms with van der Waals surface area (Å²) in [7, 11) is 0. The van der Waals surface area contributed by atoms with Gasteiger partial charge in [0.05, 0.1) is 11.1 Å². The van der Waals surface area contributed by atoms with E-state index >= 15 is 0 Å². The van der Waals surface area contributed by atoms with Gasteiger partial charge in [-0.25, -0.2) is 30.7 Å². The minimum Gasteiger partial charge on any atom is -0.206 e. The number of hydrogen-bond acceptors (Lipinski definition) is 0. The number of rotatable bonds is 2. The summed E-state index contributed by atoms with van der Waals surface area (Å²) in [5, 5.41) is 0. The molecule has 0 aliphatic carbocycles. The van der Waals surface area contributed by atoms with Crippen LogP contribution in [0.25, 0.3) is 0 Å². The molecule has 0 aliphatic heterocycles. The Balaban J connectivity index is 3.66. The molecule has 0 aromatic heterocycles. The van der Waals surface area contributed by atoms with E-state index in [9.17, 15) is 30.7 Å². The normalized spacial score (nSPS) is 11.6. The highest BCUT2D eigenvalue weighted by Crippen LogP contribution is 2.35. The molecule has 1 aromatic carbocycles. The smallest absolute Gasteiger partial charge is 0.206 e. The SMILES string of the molecule is Cc1c(F)c(F)c(C(F)F)c(F)c1C(F)F. The Morgan fingerprint density at radius 2 is 1.12 bits per heavy atom. The number of hydrogen-bond donors (Lipinski definition) is 0. The van der Waals surface area contributed by atoms with Gasteiger partial charge < -0.3 is 0 Å². The molecule has 0 saturated heterocycles. The molecule has 0 fully saturated rings. The van der Waals surface area contributed by atoms with Crippen LogP contribution in [0.5, 0.6) is 0 Å². The number of alkyl halides is 4. The molecule has 0 aliphatic rings. The summed E-state index contributed by atoms with van der Waals surface area (Å²) in [5.74, 6) is -6.11. The maximum atomic E-state index is 13.1. The molecule has 0 radical (unpaired) electrons. The third-order valence-electron chi connectivity index (χ3n) is 2.07. The fourth-order valence-corrected chi connectivity index (χ4v) is 1.26. The molecular weight excluding hydrogens is 241 g/mol. The third kappa shape index (κ3) is 1.85. The van der Waals surface area contributed by atoms with E-state index in [0.29, 0.717) is 6.92 Å². The molecule has 0 nitrogen and oxygen atoms in total. The van der Waals surface area contributed by atoms with E-state index in [1.54, 1.807) is 0 Å². The lowest BCUT2D eigenvalue weighted by molar-refractivity contribution is 0.128. The number of halogens is 7. The van der Waals surface area contributed by atoms with Crippen LogP contribution in [0.4, 0.5) is 30.7 Å². The first kappa shape index (κ1) is 12.8. The van der Waals surface area contributed by atoms with Gasteiger partial charge in [0.2, 0.25) is 0 Å². The van der Waals surface area contributed by atoms with Crippen molar-refractivity contribution in [3.63, 3.8) is 0 Å². The summed E-state index contributed by atoms with van der Waals surface area (Å²) in [6.45, 7) is 0.693. The van der Waals surface area contributed by atoms with Gasteiger partial charge in [-0.1, -0.05) is 0 Å². The maximum absolute atomic E-state index is 13.1. The molecule has 1 rings (SSSR count). The highest BCUT2D eigenvalue weighted by atomic mass is 19.3. The van der Waals surface area contributed by atoms with Crippen molar-refractivity contribution in [2.45, 2.75) is 19.8 Å². The van der Waals surface area contributed by atoms with Crippen molar-refractivity contribution in [1.82, 2.24) is 0 Å². The molecule has 0 amide bonds. The van der Waals surface area contributed by atoms with Crippen molar-refractivity contribution in [2.75, 3.05) is 0 Å². The topological polar surface area (TPSA) is 0 Å². The lowest BCUT2D eigenvalue weighted by Gasteiger charge is -2.12. The first-order chi connectivity index (χ1) is 7.29. The molecule has 0 atom stereocenters.